The number of nitrogens with one attached hydrogen (secondary N) is 1. The Hall–Kier alpha value is -2.56. The Morgan fingerprint density at radius 1 is 1.17 bits per heavy atom. The van der Waals surface area contributed by atoms with Gasteiger partial charge in [-0.05, 0) is 29.8 Å². The lowest BCUT2D eigenvalue weighted by Gasteiger charge is -2.22. The van der Waals surface area contributed by atoms with Gasteiger partial charge in [0.05, 0.1) is 6.54 Å². The number of hydrogen-bond donors (Lipinski definition) is 1. The lowest BCUT2D eigenvalue weighted by atomic mass is 10.2. The molecule has 23 heavy (non-hydrogen) atoms. The zero-order chi connectivity index (χ0) is 16.5. The molecular formula is C18H22FN3O. The van der Waals surface area contributed by atoms with Crippen LogP contribution < -0.4 is 10.1 Å². The van der Waals surface area contributed by atoms with Crippen LogP contribution in [0.5, 0.6) is 5.75 Å². The molecule has 0 aliphatic rings. The lowest BCUT2D eigenvalue weighted by Crippen LogP contribution is -2.40. The first-order valence-electron chi connectivity index (χ1n) is 7.53. The molecule has 0 saturated carbocycles. The van der Waals surface area contributed by atoms with E-state index in [-0.39, 0.29) is 5.82 Å². The van der Waals surface area contributed by atoms with Crippen LogP contribution in [0.3, 0.4) is 0 Å². The van der Waals surface area contributed by atoms with Gasteiger partial charge in [0.25, 0.3) is 0 Å². The van der Waals surface area contributed by atoms with Gasteiger partial charge in [0.2, 0.25) is 0 Å². The maximum absolute atomic E-state index is 13.2. The molecule has 0 aromatic heterocycles. The zero-order valence-corrected chi connectivity index (χ0v) is 13.5. The first-order chi connectivity index (χ1) is 11.2. The maximum Gasteiger partial charge on any atom is 0.193 e. The van der Waals surface area contributed by atoms with E-state index in [9.17, 15) is 4.39 Å². The van der Waals surface area contributed by atoms with Crippen LogP contribution in [0.15, 0.2) is 59.6 Å². The predicted octanol–water partition coefficient (Wildman–Crippen LogP) is 2.91. The van der Waals surface area contributed by atoms with Gasteiger partial charge in [0.1, 0.15) is 18.2 Å². The van der Waals surface area contributed by atoms with E-state index in [1.54, 1.807) is 13.1 Å². The Kier molecular flexibility index (Phi) is 6.41. The number of guanidine groups is 1. The van der Waals surface area contributed by atoms with E-state index in [0.29, 0.717) is 19.7 Å². The highest BCUT2D eigenvalue weighted by atomic mass is 19.1. The van der Waals surface area contributed by atoms with Crippen LogP contribution in [-0.4, -0.2) is 38.1 Å². The van der Waals surface area contributed by atoms with Gasteiger partial charge in [-0.15, -0.1) is 0 Å². The van der Waals surface area contributed by atoms with Crippen molar-refractivity contribution in [3.8, 4) is 5.75 Å². The average molecular weight is 315 g/mol. The largest absolute Gasteiger partial charge is 0.492 e. The van der Waals surface area contributed by atoms with Crippen molar-refractivity contribution in [1.82, 2.24) is 10.2 Å². The SMILES string of the molecule is CN=C(NCCOc1ccccc1)N(C)Cc1cccc(F)c1. The number of halogens is 1. The van der Waals surface area contributed by atoms with Crippen molar-refractivity contribution >= 4 is 5.96 Å². The summed E-state index contributed by atoms with van der Waals surface area (Å²) in [6.45, 7) is 1.75. The summed E-state index contributed by atoms with van der Waals surface area (Å²) in [5, 5.41) is 3.23. The molecule has 0 spiro atoms. The molecular weight excluding hydrogens is 293 g/mol. The Labute approximate surface area is 136 Å². The van der Waals surface area contributed by atoms with Crippen LogP contribution in [0.4, 0.5) is 4.39 Å². The smallest absolute Gasteiger partial charge is 0.193 e. The van der Waals surface area contributed by atoms with Crippen LogP contribution in [-0.2, 0) is 6.54 Å². The fourth-order valence-corrected chi connectivity index (χ4v) is 2.22. The number of rotatable bonds is 6. The van der Waals surface area contributed by atoms with Crippen LogP contribution in [0.25, 0.3) is 0 Å². The van der Waals surface area contributed by atoms with Crippen molar-refractivity contribution in [2.75, 3.05) is 27.2 Å². The monoisotopic (exact) mass is 315 g/mol. The molecule has 0 fully saturated rings. The number of aliphatic imine (C=N–C) groups is 1. The Morgan fingerprint density at radius 2 is 1.96 bits per heavy atom. The van der Waals surface area contributed by atoms with Crippen LogP contribution in [0.1, 0.15) is 5.56 Å². The van der Waals surface area contributed by atoms with Crippen molar-refractivity contribution in [2.24, 2.45) is 4.99 Å². The quantitative estimate of drug-likeness (QED) is 0.506. The highest BCUT2D eigenvalue weighted by Gasteiger charge is 2.06. The van der Waals surface area contributed by atoms with Crippen molar-refractivity contribution < 1.29 is 9.13 Å². The summed E-state index contributed by atoms with van der Waals surface area (Å²) in [5.74, 6) is 1.36. The summed E-state index contributed by atoms with van der Waals surface area (Å²) >= 11 is 0. The zero-order valence-electron chi connectivity index (χ0n) is 13.5. The summed E-state index contributed by atoms with van der Waals surface area (Å²) in [7, 11) is 3.64. The number of benzene rings is 2. The Bertz CT molecular complexity index is 631. The highest BCUT2D eigenvalue weighted by molar-refractivity contribution is 5.79. The van der Waals surface area contributed by atoms with Crippen molar-refractivity contribution in [3.05, 3.63) is 66.0 Å². The number of hydrogen-bond acceptors (Lipinski definition) is 2. The Morgan fingerprint density at radius 3 is 2.65 bits per heavy atom. The van der Waals surface area contributed by atoms with Gasteiger partial charge in [-0.1, -0.05) is 30.3 Å². The molecule has 0 bridgehead atoms. The molecule has 4 nitrogen and oxygen atoms in total. The minimum absolute atomic E-state index is 0.227. The third-order valence-electron chi connectivity index (χ3n) is 3.28. The predicted molar refractivity (Wildman–Crippen MR) is 91.2 cm³/mol. The second kappa shape index (κ2) is 8.78. The standard InChI is InChI=1S/C18H22FN3O/c1-20-18(21-11-12-23-17-9-4-3-5-10-17)22(2)14-15-7-6-8-16(19)13-15/h3-10,13H,11-12,14H2,1-2H3,(H,20,21). The van der Waals surface area contributed by atoms with Crippen LogP contribution in [0, 0.1) is 5.82 Å². The average Bonchev–Trinajstić information content (AvgIpc) is 2.56. The van der Waals surface area contributed by atoms with Crippen LogP contribution >= 0.6 is 0 Å². The molecule has 0 heterocycles. The van der Waals surface area contributed by atoms with E-state index in [4.69, 9.17) is 4.74 Å². The number of ether oxygens (including phenoxy) is 1. The third kappa shape index (κ3) is 5.62. The van der Waals surface area contributed by atoms with Gasteiger partial charge in [0.15, 0.2) is 5.96 Å². The summed E-state index contributed by atoms with van der Waals surface area (Å²) < 4.78 is 18.9. The van der Waals surface area contributed by atoms with Crippen molar-refractivity contribution in [1.29, 1.82) is 0 Å². The maximum atomic E-state index is 13.2. The first kappa shape index (κ1) is 16.8. The number of nitrogens with zero attached hydrogens (tertiary/aromatic N) is 2. The summed E-state index contributed by atoms with van der Waals surface area (Å²) in [5.41, 5.74) is 0.899. The van der Waals surface area contributed by atoms with Gasteiger partial charge in [-0.2, -0.15) is 0 Å². The van der Waals surface area contributed by atoms with Crippen molar-refractivity contribution in [3.63, 3.8) is 0 Å². The summed E-state index contributed by atoms with van der Waals surface area (Å²) in [4.78, 5) is 6.18. The molecule has 0 unspecified atom stereocenters. The molecule has 2 aromatic rings. The molecule has 0 atom stereocenters. The third-order valence-corrected chi connectivity index (χ3v) is 3.28. The topological polar surface area (TPSA) is 36.9 Å². The van der Waals surface area contributed by atoms with Gasteiger partial charge < -0.3 is 15.0 Å². The van der Waals surface area contributed by atoms with E-state index < -0.39 is 0 Å². The van der Waals surface area contributed by atoms with Crippen molar-refractivity contribution in [2.45, 2.75) is 6.54 Å². The molecule has 0 aliphatic carbocycles. The van der Waals surface area contributed by atoms with Gasteiger partial charge in [-0.25, -0.2) is 4.39 Å². The molecule has 1 N–H and O–H groups in total. The van der Waals surface area contributed by atoms with Gasteiger partial charge in [-0.3, -0.25) is 4.99 Å². The lowest BCUT2D eigenvalue weighted by molar-refractivity contribution is 0.319. The van der Waals surface area contributed by atoms with E-state index in [2.05, 4.69) is 10.3 Å². The number of para-hydroxylation sites is 1. The first-order valence-corrected chi connectivity index (χ1v) is 7.53. The molecule has 0 radical (unpaired) electrons. The van der Waals surface area contributed by atoms with Gasteiger partial charge >= 0.3 is 0 Å². The van der Waals surface area contributed by atoms with E-state index >= 15 is 0 Å². The second-order valence-electron chi connectivity index (χ2n) is 5.12. The minimum atomic E-state index is -0.227. The highest BCUT2D eigenvalue weighted by Crippen LogP contribution is 2.08. The molecule has 2 aromatic carbocycles. The fourth-order valence-electron chi connectivity index (χ4n) is 2.22. The molecule has 0 saturated heterocycles. The minimum Gasteiger partial charge on any atom is -0.492 e. The molecule has 0 amide bonds. The second-order valence-corrected chi connectivity index (χ2v) is 5.12. The normalized spacial score (nSPS) is 11.2. The molecule has 5 heteroatoms. The molecule has 122 valence electrons. The van der Waals surface area contributed by atoms with E-state index in [0.717, 1.165) is 17.3 Å². The molecule has 0 aliphatic heterocycles. The Balaban J connectivity index is 1.78. The molecule has 2 rings (SSSR count). The summed E-state index contributed by atoms with van der Waals surface area (Å²) in [6, 6.07) is 16.3. The van der Waals surface area contributed by atoms with Gasteiger partial charge in [0, 0.05) is 20.6 Å². The van der Waals surface area contributed by atoms with E-state index in [1.807, 2.05) is 48.3 Å². The summed E-state index contributed by atoms with van der Waals surface area (Å²) in [6.07, 6.45) is 0. The van der Waals surface area contributed by atoms with Crippen LogP contribution in [0.2, 0.25) is 0 Å². The fraction of sp³-hybridized carbons (Fsp3) is 0.278. The van der Waals surface area contributed by atoms with E-state index in [1.165, 1.54) is 12.1 Å².